The number of amides is 3. The summed E-state index contributed by atoms with van der Waals surface area (Å²) in [4.78, 5) is 53.0. The summed E-state index contributed by atoms with van der Waals surface area (Å²) >= 11 is 24.3. The largest absolute Gasteiger partial charge is 0.292 e. The summed E-state index contributed by atoms with van der Waals surface area (Å²) < 4.78 is 0. The third-order valence-electron chi connectivity index (χ3n) is 5.98. The van der Waals surface area contributed by atoms with Crippen molar-refractivity contribution in [3.8, 4) is 0 Å². The Morgan fingerprint density at radius 3 is 1.79 bits per heavy atom. The van der Waals surface area contributed by atoms with Gasteiger partial charge in [-0.2, -0.15) is 5.01 Å². The lowest BCUT2D eigenvalue weighted by Gasteiger charge is -2.30. The quantitative estimate of drug-likeness (QED) is 0.368. The first kappa shape index (κ1) is 24.0. The van der Waals surface area contributed by atoms with E-state index in [-0.39, 0.29) is 21.2 Å². The van der Waals surface area contributed by atoms with Gasteiger partial charge in [0, 0.05) is 15.6 Å². The van der Waals surface area contributed by atoms with Gasteiger partial charge < -0.3 is 0 Å². The number of hydrazine groups is 1. The van der Waals surface area contributed by atoms with Crippen molar-refractivity contribution in [3.05, 3.63) is 67.6 Å². The van der Waals surface area contributed by atoms with Crippen LogP contribution in [0.2, 0.25) is 20.1 Å². The van der Waals surface area contributed by atoms with Crippen LogP contribution in [0.25, 0.3) is 0 Å². The number of nitrogens with zero attached hydrogens (tertiary/aromatic N) is 2. The Bertz CT molecular complexity index is 1150. The van der Waals surface area contributed by atoms with Crippen LogP contribution in [0.5, 0.6) is 0 Å². The van der Waals surface area contributed by atoms with E-state index < -0.39 is 41.9 Å². The lowest BCUT2D eigenvalue weighted by Crippen LogP contribution is -2.52. The summed E-state index contributed by atoms with van der Waals surface area (Å²) in [7, 11) is 0. The van der Waals surface area contributed by atoms with Crippen LogP contribution < -0.4 is 0 Å². The van der Waals surface area contributed by atoms with E-state index in [1.54, 1.807) is 0 Å². The summed E-state index contributed by atoms with van der Waals surface area (Å²) in [5.41, 5.74) is 0.115. The van der Waals surface area contributed by atoms with Gasteiger partial charge >= 0.3 is 0 Å². The Labute approximate surface area is 210 Å². The second-order valence-corrected chi connectivity index (χ2v) is 9.71. The normalized spacial score (nSPS) is 20.1. The molecule has 1 saturated heterocycles. The number of carbonyl (C=O) groups excluding carboxylic acids is 4. The lowest BCUT2D eigenvalue weighted by molar-refractivity contribution is -0.154. The number of rotatable bonds is 5. The van der Waals surface area contributed by atoms with Gasteiger partial charge in [0.1, 0.15) is 6.54 Å². The molecule has 1 saturated carbocycles. The molecule has 6 nitrogen and oxygen atoms in total. The molecule has 10 heteroatoms. The number of Topliss-reactive ketones (excluding diaryl/α,β-unsaturated/α-hetero) is 1. The fourth-order valence-corrected chi connectivity index (χ4v) is 5.36. The fraction of sp³-hybridized carbons (Fsp3) is 0.304. The smallest absolute Gasteiger partial charge is 0.274 e. The molecule has 0 unspecified atom stereocenters. The van der Waals surface area contributed by atoms with E-state index in [2.05, 4.69) is 0 Å². The summed E-state index contributed by atoms with van der Waals surface area (Å²) in [5, 5.41) is 2.46. The van der Waals surface area contributed by atoms with Gasteiger partial charge in [0.2, 0.25) is 0 Å². The maximum atomic E-state index is 13.5. The van der Waals surface area contributed by atoms with Crippen LogP contribution in [-0.4, -0.2) is 40.1 Å². The third-order valence-corrected chi connectivity index (χ3v) is 7.08. The van der Waals surface area contributed by atoms with E-state index in [9.17, 15) is 19.2 Å². The summed E-state index contributed by atoms with van der Waals surface area (Å²) in [6, 6.07) is 8.54. The van der Waals surface area contributed by atoms with Crippen molar-refractivity contribution < 1.29 is 19.2 Å². The molecule has 2 fully saturated rings. The Balaban J connectivity index is 1.73. The molecule has 1 aliphatic heterocycles. The highest BCUT2D eigenvalue weighted by Gasteiger charge is 2.52. The molecule has 2 atom stereocenters. The summed E-state index contributed by atoms with van der Waals surface area (Å²) in [6.45, 7) is -0.587. The Morgan fingerprint density at radius 1 is 0.818 bits per heavy atom. The standard InChI is InChI=1S/C23H18Cl4N2O4/c24-12-5-7-16(18(26)9-12)20(30)11-28(21(31)17-8-6-13(25)10-19(17)27)29-22(32)14-3-1-2-4-15(14)23(29)33/h5-10,14-15H,1-4,11H2/t14-,15+. The average Bonchev–Trinajstić information content (AvgIpc) is 3.02. The fourth-order valence-electron chi connectivity index (χ4n) is 4.35. The number of hydrogen-bond acceptors (Lipinski definition) is 4. The van der Waals surface area contributed by atoms with Gasteiger partial charge in [0.25, 0.3) is 17.7 Å². The number of benzene rings is 2. The first-order chi connectivity index (χ1) is 15.7. The molecule has 2 aromatic carbocycles. The number of ketones is 1. The van der Waals surface area contributed by atoms with Crippen LogP contribution in [0.15, 0.2) is 36.4 Å². The molecule has 2 aliphatic rings. The van der Waals surface area contributed by atoms with Crippen molar-refractivity contribution >= 4 is 69.9 Å². The van der Waals surface area contributed by atoms with Crippen molar-refractivity contribution in [1.82, 2.24) is 10.0 Å². The van der Waals surface area contributed by atoms with Gasteiger partial charge in [-0.05, 0) is 49.2 Å². The molecule has 0 N–H and O–H groups in total. The number of fused-ring (bicyclic) bond motifs is 1. The molecular formula is C23H18Cl4N2O4. The first-order valence-corrected chi connectivity index (χ1v) is 11.8. The van der Waals surface area contributed by atoms with Crippen LogP contribution in [0, 0.1) is 11.8 Å². The Morgan fingerprint density at radius 2 is 1.30 bits per heavy atom. The minimum Gasteiger partial charge on any atom is -0.292 e. The zero-order valence-corrected chi connectivity index (χ0v) is 20.2. The monoisotopic (exact) mass is 526 g/mol. The number of halogens is 4. The van der Waals surface area contributed by atoms with Gasteiger partial charge in [-0.3, -0.25) is 19.2 Å². The maximum Gasteiger partial charge on any atom is 0.274 e. The third kappa shape index (κ3) is 4.62. The van der Waals surface area contributed by atoms with E-state index in [4.69, 9.17) is 46.4 Å². The summed E-state index contributed by atoms with van der Waals surface area (Å²) in [6.07, 6.45) is 2.77. The van der Waals surface area contributed by atoms with Crippen LogP contribution >= 0.6 is 46.4 Å². The highest BCUT2D eigenvalue weighted by Crippen LogP contribution is 2.39. The Kier molecular flexibility index (Phi) is 7.01. The molecule has 1 aliphatic carbocycles. The first-order valence-electron chi connectivity index (χ1n) is 10.3. The van der Waals surface area contributed by atoms with E-state index in [0.717, 1.165) is 22.9 Å². The second-order valence-electron chi connectivity index (χ2n) is 8.02. The van der Waals surface area contributed by atoms with E-state index in [1.807, 2.05) is 0 Å². The number of imide groups is 1. The molecule has 33 heavy (non-hydrogen) atoms. The van der Waals surface area contributed by atoms with Crippen molar-refractivity contribution in [2.24, 2.45) is 11.8 Å². The molecule has 0 radical (unpaired) electrons. The SMILES string of the molecule is O=C(CN(C(=O)c1ccc(Cl)cc1Cl)N1C(=O)[C@H]2CCCC[C@H]2C1=O)c1ccc(Cl)cc1Cl. The van der Waals surface area contributed by atoms with Gasteiger partial charge in [0.05, 0.1) is 27.4 Å². The van der Waals surface area contributed by atoms with Crippen molar-refractivity contribution in [2.75, 3.05) is 6.54 Å². The van der Waals surface area contributed by atoms with Crippen molar-refractivity contribution in [2.45, 2.75) is 25.7 Å². The highest BCUT2D eigenvalue weighted by molar-refractivity contribution is 6.37. The van der Waals surface area contributed by atoms with Crippen LogP contribution in [0.1, 0.15) is 46.4 Å². The lowest BCUT2D eigenvalue weighted by atomic mass is 9.81. The molecule has 0 bridgehead atoms. The Hall–Kier alpha value is -2.12. The zero-order chi connectivity index (χ0) is 23.9. The maximum absolute atomic E-state index is 13.5. The van der Waals surface area contributed by atoms with Gasteiger partial charge in [-0.25, -0.2) is 5.01 Å². The molecule has 0 spiro atoms. The van der Waals surface area contributed by atoms with E-state index >= 15 is 0 Å². The predicted octanol–water partition coefficient (Wildman–Crippen LogP) is 5.72. The molecule has 0 aromatic heterocycles. The molecule has 172 valence electrons. The molecule has 1 heterocycles. The summed E-state index contributed by atoms with van der Waals surface area (Å²) in [5.74, 6) is -3.31. The predicted molar refractivity (Wildman–Crippen MR) is 126 cm³/mol. The van der Waals surface area contributed by atoms with Gasteiger partial charge in [0.15, 0.2) is 5.78 Å². The van der Waals surface area contributed by atoms with Crippen molar-refractivity contribution in [3.63, 3.8) is 0 Å². The van der Waals surface area contributed by atoms with Gasteiger partial charge in [-0.1, -0.05) is 59.2 Å². The number of hydrogen-bond donors (Lipinski definition) is 0. The molecule has 3 amide bonds. The van der Waals surface area contributed by atoms with E-state index in [1.165, 1.54) is 36.4 Å². The zero-order valence-electron chi connectivity index (χ0n) is 17.2. The van der Waals surface area contributed by atoms with Gasteiger partial charge in [-0.15, -0.1) is 0 Å². The highest BCUT2D eigenvalue weighted by atomic mass is 35.5. The number of carbonyl (C=O) groups is 4. The molecule has 2 aromatic rings. The average molecular weight is 528 g/mol. The van der Waals surface area contributed by atoms with Crippen LogP contribution in [-0.2, 0) is 9.59 Å². The van der Waals surface area contributed by atoms with Crippen molar-refractivity contribution in [1.29, 1.82) is 0 Å². The molecular weight excluding hydrogens is 510 g/mol. The second kappa shape index (κ2) is 9.63. The minimum atomic E-state index is -0.768. The van der Waals surface area contributed by atoms with E-state index in [0.29, 0.717) is 22.9 Å². The topological polar surface area (TPSA) is 74.8 Å². The molecule has 4 rings (SSSR count). The van der Waals surface area contributed by atoms with Crippen LogP contribution in [0.3, 0.4) is 0 Å². The van der Waals surface area contributed by atoms with Crippen LogP contribution in [0.4, 0.5) is 0 Å². The minimum absolute atomic E-state index is 0.00606.